The molecule has 3 aromatic rings. The number of aromatic nitrogens is 3. The summed E-state index contributed by atoms with van der Waals surface area (Å²) in [5.41, 5.74) is 7.31. The summed E-state index contributed by atoms with van der Waals surface area (Å²) in [4.78, 5) is 4.35. The normalized spacial score (nSPS) is 13.5. The largest absolute Gasteiger partial charge is 0.478 e. The van der Waals surface area contributed by atoms with Gasteiger partial charge in [0.05, 0.1) is 12.1 Å². The van der Waals surface area contributed by atoms with Gasteiger partial charge in [-0.25, -0.2) is 4.98 Å². The summed E-state index contributed by atoms with van der Waals surface area (Å²) in [5, 5.41) is 8.19. The number of nitrogens with zero attached hydrogens (tertiary/aromatic N) is 3. The molecule has 1 aromatic carbocycles. The molecule has 2 aromatic heterocycles. The zero-order valence-electron chi connectivity index (χ0n) is 13.8. The number of hydrogen-bond acceptors (Lipinski definition) is 6. The second-order valence-electron chi connectivity index (χ2n) is 5.79. The lowest BCUT2D eigenvalue weighted by Gasteiger charge is -2.20. The van der Waals surface area contributed by atoms with Gasteiger partial charge in [-0.05, 0) is 31.9 Å². The molecule has 2 N–H and O–H groups in total. The van der Waals surface area contributed by atoms with Crippen LogP contribution in [-0.4, -0.2) is 21.8 Å². The Kier molecular flexibility index (Phi) is 4.57. The zero-order valence-corrected chi connectivity index (χ0v) is 13.8. The molecule has 3 rings (SSSR count). The fraction of sp³-hybridized carbons (Fsp3) is 0.278. The SMILES string of the molecule is CCOc1cccc(-c2nnc([C@](C)(N)Cc3ccccc3)o2)n1. The minimum Gasteiger partial charge on any atom is -0.478 e. The molecule has 0 unspecified atom stereocenters. The minimum absolute atomic E-state index is 0.330. The molecule has 0 amide bonds. The maximum atomic E-state index is 6.40. The molecular weight excluding hydrogens is 304 g/mol. The number of pyridine rings is 1. The fourth-order valence-corrected chi connectivity index (χ4v) is 2.42. The molecule has 6 heteroatoms. The van der Waals surface area contributed by atoms with E-state index in [2.05, 4.69) is 15.2 Å². The summed E-state index contributed by atoms with van der Waals surface area (Å²) in [7, 11) is 0. The molecule has 24 heavy (non-hydrogen) atoms. The average molecular weight is 324 g/mol. The van der Waals surface area contributed by atoms with Crippen LogP contribution in [0.1, 0.15) is 25.3 Å². The van der Waals surface area contributed by atoms with Crippen molar-refractivity contribution in [3.8, 4) is 17.5 Å². The van der Waals surface area contributed by atoms with Crippen molar-refractivity contribution in [3.05, 3.63) is 60.0 Å². The van der Waals surface area contributed by atoms with E-state index in [4.69, 9.17) is 14.9 Å². The van der Waals surface area contributed by atoms with Crippen molar-refractivity contribution >= 4 is 0 Å². The van der Waals surface area contributed by atoms with Crippen LogP contribution in [0.15, 0.2) is 52.9 Å². The molecule has 2 heterocycles. The smallest absolute Gasteiger partial charge is 0.266 e. The van der Waals surface area contributed by atoms with E-state index in [0.717, 1.165) is 5.56 Å². The van der Waals surface area contributed by atoms with E-state index in [1.165, 1.54) is 0 Å². The summed E-state index contributed by atoms with van der Waals surface area (Å²) < 4.78 is 11.2. The average Bonchev–Trinajstić information content (AvgIpc) is 3.07. The minimum atomic E-state index is -0.760. The Morgan fingerprint density at radius 3 is 2.62 bits per heavy atom. The summed E-state index contributed by atoms with van der Waals surface area (Å²) >= 11 is 0. The first-order valence-corrected chi connectivity index (χ1v) is 7.85. The number of benzene rings is 1. The van der Waals surface area contributed by atoms with Crippen molar-refractivity contribution in [1.29, 1.82) is 0 Å². The Hall–Kier alpha value is -2.73. The number of hydrogen-bond donors (Lipinski definition) is 1. The third-order valence-corrected chi connectivity index (χ3v) is 3.56. The molecular formula is C18H20N4O2. The van der Waals surface area contributed by atoms with Crippen LogP contribution >= 0.6 is 0 Å². The van der Waals surface area contributed by atoms with E-state index in [1.54, 1.807) is 12.1 Å². The van der Waals surface area contributed by atoms with Gasteiger partial charge in [-0.15, -0.1) is 10.2 Å². The Morgan fingerprint density at radius 2 is 1.88 bits per heavy atom. The lowest BCUT2D eigenvalue weighted by atomic mass is 9.94. The predicted octanol–water partition coefficient (Wildman–Crippen LogP) is 2.95. The van der Waals surface area contributed by atoms with Crippen LogP contribution < -0.4 is 10.5 Å². The van der Waals surface area contributed by atoms with E-state index in [1.807, 2.05) is 50.2 Å². The highest BCUT2D eigenvalue weighted by Crippen LogP contribution is 2.25. The molecule has 0 aliphatic rings. The summed E-state index contributed by atoms with van der Waals surface area (Å²) in [6.45, 7) is 4.33. The quantitative estimate of drug-likeness (QED) is 0.750. The molecule has 1 atom stereocenters. The van der Waals surface area contributed by atoms with Crippen molar-refractivity contribution in [1.82, 2.24) is 15.2 Å². The number of ether oxygens (including phenoxy) is 1. The lowest BCUT2D eigenvalue weighted by molar-refractivity contribution is 0.326. The van der Waals surface area contributed by atoms with Gasteiger partial charge in [-0.1, -0.05) is 36.4 Å². The van der Waals surface area contributed by atoms with Gasteiger partial charge < -0.3 is 14.9 Å². The monoisotopic (exact) mass is 324 g/mol. The van der Waals surface area contributed by atoms with Gasteiger partial charge in [0.15, 0.2) is 0 Å². The second-order valence-corrected chi connectivity index (χ2v) is 5.79. The first-order chi connectivity index (χ1) is 11.6. The van der Waals surface area contributed by atoms with Crippen LogP contribution in [0.4, 0.5) is 0 Å². The molecule has 0 radical (unpaired) electrons. The maximum Gasteiger partial charge on any atom is 0.266 e. The Bertz CT molecular complexity index is 800. The van der Waals surface area contributed by atoms with Gasteiger partial charge >= 0.3 is 0 Å². The summed E-state index contributed by atoms with van der Waals surface area (Å²) in [6.07, 6.45) is 0.599. The van der Waals surface area contributed by atoms with Crippen molar-refractivity contribution < 1.29 is 9.15 Å². The van der Waals surface area contributed by atoms with E-state index in [0.29, 0.717) is 36.4 Å². The summed E-state index contributed by atoms with van der Waals surface area (Å²) in [5.74, 6) is 1.23. The highest BCUT2D eigenvalue weighted by atomic mass is 16.5. The van der Waals surface area contributed by atoms with Gasteiger partial charge in [-0.2, -0.15) is 0 Å². The molecule has 0 spiro atoms. The molecule has 0 fully saturated rings. The Balaban J connectivity index is 1.83. The zero-order chi connectivity index (χ0) is 17.0. The van der Waals surface area contributed by atoms with Crippen molar-refractivity contribution in [2.24, 2.45) is 5.73 Å². The van der Waals surface area contributed by atoms with Crippen LogP contribution in [0.3, 0.4) is 0 Å². The standard InChI is InChI=1S/C18H20N4O2/c1-3-23-15-11-7-10-14(20-15)16-21-22-17(24-16)18(2,19)12-13-8-5-4-6-9-13/h4-11H,3,12,19H2,1-2H3/t18-/m1/s1. The first-order valence-electron chi connectivity index (χ1n) is 7.85. The van der Waals surface area contributed by atoms with Crippen LogP contribution in [0.2, 0.25) is 0 Å². The van der Waals surface area contributed by atoms with Gasteiger partial charge in [0.1, 0.15) is 5.69 Å². The van der Waals surface area contributed by atoms with Gasteiger partial charge in [0.25, 0.3) is 5.89 Å². The Morgan fingerprint density at radius 1 is 1.08 bits per heavy atom. The molecule has 0 aliphatic carbocycles. The van der Waals surface area contributed by atoms with E-state index in [9.17, 15) is 0 Å². The van der Waals surface area contributed by atoms with Gasteiger partial charge in [0, 0.05) is 6.07 Å². The molecule has 0 saturated carbocycles. The van der Waals surface area contributed by atoms with Crippen molar-refractivity contribution in [2.75, 3.05) is 6.61 Å². The lowest BCUT2D eigenvalue weighted by Crippen LogP contribution is -2.35. The molecule has 6 nitrogen and oxygen atoms in total. The highest BCUT2D eigenvalue weighted by Gasteiger charge is 2.29. The van der Waals surface area contributed by atoms with Crippen LogP contribution in [0.5, 0.6) is 5.88 Å². The van der Waals surface area contributed by atoms with Gasteiger partial charge in [-0.3, -0.25) is 0 Å². The topological polar surface area (TPSA) is 87.1 Å². The summed E-state index contributed by atoms with van der Waals surface area (Å²) in [6, 6.07) is 15.4. The second kappa shape index (κ2) is 6.80. The van der Waals surface area contributed by atoms with Crippen LogP contribution in [0, 0.1) is 0 Å². The molecule has 0 bridgehead atoms. The van der Waals surface area contributed by atoms with Crippen molar-refractivity contribution in [2.45, 2.75) is 25.8 Å². The molecule has 124 valence electrons. The van der Waals surface area contributed by atoms with Gasteiger partial charge in [0.2, 0.25) is 11.8 Å². The van der Waals surface area contributed by atoms with E-state index in [-0.39, 0.29) is 0 Å². The van der Waals surface area contributed by atoms with Crippen LogP contribution in [0.25, 0.3) is 11.6 Å². The van der Waals surface area contributed by atoms with E-state index >= 15 is 0 Å². The molecule has 0 aliphatic heterocycles. The third-order valence-electron chi connectivity index (χ3n) is 3.56. The highest BCUT2D eigenvalue weighted by molar-refractivity contribution is 5.47. The van der Waals surface area contributed by atoms with Crippen LogP contribution in [-0.2, 0) is 12.0 Å². The first kappa shape index (κ1) is 16.1. The number of nitrogens with two attached hydrogens (primary N) is 1. The fourth-order valence-electron chi connectivity index (χ4n) is 2.42. The van der Waals surface area contributed by atoms with E-state index < -0.39 is 5.54 Å². The third kappa shape index (κ3) is 3.60. The molecule has 0 saturated heterocycles. The van der Waals surface area contributed by atoms with Crippen molar-refractivity contribution in [3.63, 3.8) is 0 Å². The number of rotatable bonds is 6. The predicted molar refractivity (Wildman–Crippen MR) is 90.4 cm³/mol. The Labute approximate surface area is 140 Å². The maximum absolute atomic E-state index is 6.40.